The predicted molar refractivity (Wildman–Crippen MR) is 67.3 cm³/mol. The van der Waals surface area contributed by atoms with Gasteiger partial charge in [-0.3, -0.25) is 4.79 Å². The Morgan fingerprint density at radius 3 is 2.75 bits per heavy atom. The molecule has 1 amide bonds. The summed E-state index contributed by atoms with van der Waals surface area (Å²) in [6.45, 7) is 6.86. The fraction of sp³-hybridized carbons (Fsp3) is 0.636. The van der Waals surface area contributed by atoms with Crippen molar-refractivity contribution in [1.29, 1.82) is 0 Å². The maximum Gasteiger partial charge on any atom is 0.232 e. The maximum atomic E-state index is 11.8. The number of carbonyl (C=O) groups is 1. The summed E-state index contributed by atoms with van der Waals surface area (Å²) in [5.41, 5.74) is 0. The summed E-state index contributed by atoms with van der Waals surface area (Å²) < 4.78 is 0.126. The highest BCUT2D eigenvalue weighted by Gasteiger charge is 2.16. The average Bonchev–Trinajstić information content (AvgIpc) is 2.65. The lowest BCUT2D eigenvalue weighted by Crippen LogP contribution is -2.29. The number of aromatic nitrogens is 2. The number of nitrogens with one attached hydrogen (secondary N) is 1. The van der Waals surface area contributed by atoms with Crippen molar-refractivity contribution in [1.82, 2.24) is 14.9 Å². The van der Waals surface area contributed by atoms with E-state index in [4.69, 9.17) is 0 Å². The standard InChI is InChI=1S/C11H19N3OS/c1-11(2,3)16-8-10(15)14(4)7-9-12-5-6-13-9/h5-6H,7-8H2,1-4H3,(H,12,13). The lowest BCUT2D eigenvalue weighted by molar-refractivity contribution is -0.127. The van der Waals surface area contributed by atoms with Crippen LogP contribution in [0.3, 0.4) is 0 Å². The van der Waals surface area contributed by atoms with Crippen molar-refractivity contribution in [2.24, 2.45) is 0 Å². The zero-order chi connectivity index (χ0) is 12.2. The van der Waals surface area contributed by atoms with Gasteiger partial charge in [0.25, 0.3) is 0 Å². The molecule has 0 atom stereocenters. The van der Waals surface area contributed by atoms with Crippen molar-refractivity contribution in [2.45, 2.75) is 32.1 Å². The number of hydrogen-bond donors (Lipinski definition) is 1. The summed E-state index contributed by atoms with van der Waals surface area (Å²) in [5, 5.41) is 0. The van der Waals surface area contributed by atoms with Crippen molar-refractivity contribution in [3.8, 4) is 0 Å². The van der Waals surface area contributed by atoms with Crippen LogP contribution in [0.25, 0.3) is 0 Å². The fourth-order valence-corrected chi connectivity index (χ4v) is 1.86. The lowest BCUT2D eigenvalue weighted by atomic mass is 10.3. The zero-order valence-corrected chi connectivity index (χ0v) is 11.1. The average molecular weight is 241 g/mol. The summed E-state index contributed by atoms with van der Waals surface area (Å²) in [5.74, 6) is 1.47. The minimum atomic E-state index is 0.126. The van der Waals surface area contributed by atoms with E-state index in [0.717, 1.165) is 5.82 Å². The SMILES string of the molecule is CN(Cc1ncc[nH]1)C(=O)CSC(C)(C)C. The maximum absolute atomic E-state index is 11.8. The number of hydrogen-bond acceptors (Lipinski definition) is 3. The second-order valence-electron chi connectivity index (χ2n) is 4.69. The molecule has 0 aliphatic rings. The first-order chi connectivity index (χ1) is 7.38. The molecule has 0 unspecified atom stereocenters. The van der Waals surface area contributed by atoms with Gasteiger partial charge in [0.05, 0.1) is 12.3 Å². The van der Waals surface area contributed by atoms with E-state index in [0.29, 0.717) is 12.3 Å². The molecular weight excluding hydrogens is 222 g/mol. The number of nitrogens with zero attached hydrogens (tertiary/aromatic N) is 2. The highest BCUT2D eigenvalue weighted by Crippen LogP contribution is 2.23. The molecule has 0 spiro atoms. The van der Waals surface area contributed by atoms with Gasteiger partial charge in [-0.15, -0.1) is 11.8 Å². The Kier molecular flexibility index (Phi) is 4.41. The molecule has 1 rings (SSSR count). The molecule has 0 aliphatic carbocycles. The van der Waals surface area contributed by atoms with Crippen LogP contribution in [0, 0.1) is 0 Å². The minimum Gasteiger partial charge on any atom is -0.347 e. The number of imidazole rings is 1. The normalized spacial score (nSPS) is 11.5. The van der Waals surface area contributed by atoms with Gasteiger partial charge in [0.2, 0.25) is 5.91 Å². The van der Waals surface area contributed by atoms with Crippen LogP contribution in [-0.2, 0) is 11.3 Å². The molecule has 0 aliphatic heterocycles. The van der Waals surface area contributed by atoms with Crippen LogP contribution in [0.2, 0.25) is 0 Å². The number of aromatic amines is 1. The third kappa shape index (κ3) is 4.70. The minimum absolute atomic E-state index is 0.126. The van der Waals surface area contributed by atoms with Crippen molar-refractivity contribution < 1.29 is 4.79 Å². The number of rotatable bonds is 4. The summed E-state index contributed by atoms with van der Waals surface area (Å²) in [6, 6.07) is 0. The van der Waals surface area contributed by atoms with Crippen molar-refractivity contribution in [3.05, 3.63) is 18.2 Å². The Hall–Kier alpha value is -0.970. The predicted octanol–water partition coefficient (Wildman–Crippen LogP) is 1.90. The van der Waals surface area contributed by atoms with E-state index in [1.54, 1.807) is 36.1 Å². The third-order valence-electron chi connectivity index (χ3n) is 2.00. The van der Waals surface area contributed by atoms with Gasteiger partial charge in [-0.05, 0) is 0 Å². The molecule has 0 radical (unpaired) electrons. The Balaban J connectivity index is 2.37. The first kappa shape index (κ1) is 13.1. The molecule has 1 aromatic rings. The summed E-state index contributed by atoms with van der Waals surface area (Å²) in [4.78, 5) is 20.5. The van der Waals surface area contributed by atoms with Gasteiger partial charge in [-0.25, -0.2) is 4.98 Å². The van der Waals surface area contributed by atoms with Crippen LogP contribution >= 0.6 is 11.8 Å². The van der Waals surface area contributed by atoms with Gasteiger partial charge in [0.1, 0.15) is 5.82 Å². The monoisotopic (exact) mass is 241 g/mol. The Morgan fingerprint density at radius 2 is 2.25 bits per heavy atom. The highest BCUT2D eigenvalue weighted by molar-refractivity contribution is 8.01. The van der Waals surface area contributed by atoms with E-state index in [1.807, 2.05) is 0 Å². The second kappa shape index (κ2) is 5.39. The van der Waals surface area contributed by atoms with Crippen LogP contribution in [0.4, 0.5) is 0 Å². The number of thioether (sulfide) groups is 1. The van der Waals surface area contributed by atoms with Gasteiger partial charge in [0.15, 0.2) is 0 Å². The molecule has 0 saturated carbocycles. The zero-order valence-electron chi connectivity index (χ0n) is 10.3. The molecule has 1 N–H and O–H groups in total. The van der Waals surface area contributed by atoms with Gasteiger partial charge in [-0.2, -0.15) is 0 Å². The molecule has 0 aromatic carbocycles. The number of H-pyrrole nitrogens is 1. The molecule has 0 fully saturated rings. The molecule has 5 heteroatoms. The lowest BCUT2D eigenvalue weighted by Gasteiger charge is -2.20. The summed E-state index contributed by atoms with van der Waals surface area (Å²) in [7, 11) is 1.80. The van der Waals surface area contributed by atoms with E-state index < -0.39 is 0 Å². The van der Waals surface area contributed by atoms with Crippen LogP contribution in [0.15, 0.2) is 12.4 Å². The largest absolute Gasteiger partial charge is 0.347 e. The van der Waals surface area contributed by atoms with Crippen molar-refractivity contribution >= 4 is 17.7 Å². The quantitative estimate of drug-likeness (QED) is 0.876. The first-order valence-electron chi connectivity index (χ1n) is 5.24. The second-order valence-corrected chi connectivity index (χ2v) is 6.49. The molecule has 4 nitrogen and oxygen atoms in total. The van der Waals surface area contributed by atoms with Gasteiger partial charge >= 0.3 is 0 Å². The Bertz CT molecular complexity index is 329. The third-order valence-corrected chi connectivity index (χ3v) is 3.25. The summed E-state index contributed by atoms with van der Waals surface area (Å²) in [6.07, 6.45) is 3.45. The van der Waals surface area contributed by atoms with E-state index in [2.05, 4.69) is 30.7 Å². The summed E-state index contributed by atoms with van der Waals surface area (Å²) >= 11 is 1.66. The van der Waals surface area contributed by atoms with E-state index in [1.165, 1.54) is 0 Å². The molecule has 1 heterocycles. The first-order valence-corrected chi connectivity index (χ1v) is 6.23. The Labute approximate surface area is 101 Å². The van der Waals surface area contributed by atoms with Crippen LogP contribution < -0.4 is 0 Å². The van der Waals surface area contributed by atoms with Gasteiger partial charge in [-0.1, -0.05) is 20.8 Å². The van der Waals surface area contributed by atoms with Crippen molar-refractivity contribution in [3.63, 3.8) is 0 Å². The van der Waals surface area contributed by atoms with Crippen molar-refractivity contribution in [2.75, 3.05) is 12.8 Å². The number of amides is 1. The molecule has 90 valence electrons. The number of carbonyl (C=O) groups excluding carboxylic acids is 1. The molecule has 1 aromatic heterocycles. The highest BCUT2D eigenvalue weighted by atomic mass is 32.2. The molecular formula is C11H19N3OS. The van der Waals surface area contributed by atoms with E-state index in [9.17, 15) is 4.79 Å². The fourth-order valence-electron chi connectivity index (χ4n) is 1.09. The van der Waals surface area contributed by atoms with Crippen LogP contribution in [-0.4, -0.2) is 38.3 Å². The van der Waals surface area contributed by atoms with Crippen LogP contribution in [0.1, 0.15) is 26.6 Å². The Morgan fingerprint density at radius 1 is 1.56 bits per heavy atom. The molecule has 16 heavy (non-hydrogen) atoms. The van der Waals surface area contributed by atoms with Crippen LogP contribution in [0.5, 0.6) is 0 Å². The molecule has 0 bridgehead atoms. The topological polar surface area (TPSA) is 49.0 Å². The van der Waals surface area contributed by atoms with Gasteiger partial charge in [0, 0.05) is 24.2 Å². The smallest absolute Gasteiger partial charge is 0.232 e. The molecule has 0 saturated heterocycles. The van der Waals surface area contributed by atoms with E-state index in [-0.39, 0.29) is 10.7 Å². The van der Waals surface area contributed by atoms with Gasteiger partial charge < -0.3 is 9.88 Å². The van der Waals surface area contributed by atoms with E-state index >= 15 is 0 Å².